The number of esters is 1. The minimum atomic E-state index is -0.496. The van der Waals surface area contributed by atoms with Gasteiger partial charge in [-0.25, -0.2) is 9.18 Å². The van der Waals surface area contributed by atoms with Crippen LogP contribution in [-0.2, 0) is 4.74 Å². The van der Waals surface area contributed by atoms with E-state index in [0.717, 1.165) is 31.6 Å². The number of rotatable bonds is 2. The molecule has 2 rings (SSSR count). The molecule has 0 atom stereocenters. The third-order valence-corrected chi connectivity index (χ3v) is 3.18. The van der Waals surface area contributed by atoms with Crippen LogP contribution >= 0.6 is 0 Å². The van der Waals surface area contributed by atoms with Gasteiger partial charge in [0.05, 0.1) is 12.7 Å². The van der Waals surface area contributed by atoms with Crippen LogP contribution in [0.1, 0.15) is 28.8 Å². The van der Waals surface area contributed by atoms with Crippen molar-refractivity contribution in [2.24, 2.45) is 0 Å². The summed E-state index contributed by atoms with van der Waals surface area (Å²) in [6, 6.07) is 2.95. The highest BCUT2D eigenvalue weighted by molar-refractivity contribution is 5.91. The van der Waals surface area contributed by atoms with Crippen LogP contribution in [0, 0.1) is 12.7 Å². The van der Waals surface area contributed by atoms with Crippen LogP contribution in [0.25, 0.3) is 0 Å². The second-order valence-electron chi connectivity index (χ2n) is 4.29. The van der Waals surface area contributed by atoms with E-state index in [1.54, 1.807) is 13.0 Å². The van der Waals surface area contributed by atoms with E-state index < -0.39 is 5.97 Å². The molecule has 0 aromatic heterocycles. The van der Waals surface area contributed by atoms with E-state index in [1.165, 1.54) is 13.2 Å². The van der Waals surface area contributed by atoms with Gasteiger partial charge in [-0.2, -0.15) is 0 Å². The lowest BCUT2D eigenvalue weighted by Crippen LogP contribution is -2.20. The van der Waals surface area contributed by atoms with Crippen molar-refractivity contribution in [3.05, 3.63) is 29.1 Å². The van der Waals surface area contributed by atoms with Crippen molar-refractivity contribution in [2.75, 3.05) is 25.1 Å². The van der Waals surface area contributed by atoms with Crippen LogP contribution in [0.4, 0.5) is 10.1 Å². The Labute approximate surface area is 100 Å². The molecule has 0 N–H and O–H groups in total. The summed E-state index contributed by atoms with van der Waals surface area (Å²) >= 11 is 0. The molecule has 0 unspecified atom stereocenters. The predicted octanol–water partition coefficient (Wildman–Crippen LogP) is 2.52. The van der Waals surface area contributed by atoms with Gasteiger partial charge < -0.3 is 9.64 Å². The summed E-state index contributed by atoms with van der Waals surface area (Å²) in [5.74, 6) is -0.848. The Morgan fingerprint density at radius 3 is 2.59 bits per heavy atom. The number of benzene rings is 1. The molecule has 0 spiro atoms. The predicted molar refractivity (Wildman–Crippen MR) is 63.9 cm³/mol. The number of ether oxygens (including phenoxy) is 1. The lowest BCUT2D eigenvalue weighted by Gasteiger charge is -2.21. The van der Waals surface area contributed by atoms with Crippen molar-refractivity contribution in [2.45, 2.75) is 19.8 Å². The maximum absolute atomic E-state index is 13.8. The van der Waals surface area contributed by atoms with Gasteiger partial charge in [-0.1, -0.05) is 0 Å². The molecule has 1 saturated heterocycles. The molecule has 1 fully saturated rings. The molecule has 1 aliphatic heterocycles. The summed E-state index contributed by atoms with van der Waals surface area (Å²) in [7, 11) is 1.30. The molecular weight excluding hydrogens is 221 g/mol. The summed E-state index contributed by atoms with van der Waals surface area (Å²) < 4.78 is 18.4. The van der Waals surface area contributed by atoms with E-state index >= 15 is 0 Å². The highest BCUT2D eigenvalue weighted by Crippen LogP contribution is 2.27. The van der Waals surface area contributed by atoms with E-state index in [9.17, 15) is 9.18 Å². The number of carbonyl (C=O) groups is 1. The number of nitrogens with zero attached hydrogens (tertiary/aromatic N) is 1. The lowest BCUT2D eigenvalue weighted by molar-refractivity contribution is 0.0600. The molecule has 0 amide bonds. The molecule has 1 aliphatic rings. The van der Waals surface area contributed by atoms with Gasteiger partial charge in [-0.05, 0) is 31.9 Å². The van der Waals surface area contributed by atoms with Crippen molar-refractivity contribution in [3.63, 3.8) is 0 Å². The van der Waals surface area contributed by atoms with Gasteiger partial charge in [-0.15, -0.1) is 0 Å². The largest absolute Gasteiger partial charge is 0.465 e. The van der Waals surface area contributed by atoms with Gasteiger partial charge in [0.2, 0.25) is 0 Å². The molecular formula is C13H16FNO2. The Bertz CT molecular complexity index is 439. The maximum Gasteiger partial charge on any atom is 0.338 e. The van der Waals surface area contributed by atoms with Crippen LogP contribution in [0.5, 0.6) is 0 Å². The first-order valence-corrected chi connectivity index (χ1v) is 5.77. The molecule has 92 valence electrons. The van der Waals surface area contributed by atoms with E-state index in [0.29, 0.717) is 5.56 Å². The third-order valence-electron chi connectivity index (χ3n) is 3.18. The summed E-state index contributed by atoms with van der Waals surface area (Å²) in [6.45, 7) is 3.58. The third kappa shape index (κ3) is 2.25. The zero-order chi connectivity index (χ0) is 12.4. The van der Waals surface area contributed by atoms with Crippen molar-refractivity contribution in [1.82, 2.24) is 0 Å². The first-order chi connectivity index (χ1) is 8.13. The van der Waals surface area contributed by atoms with Gasteiger partial charge in [-0.3, -0.25) is 0 Å². The average molecular weight is 237 g/mol. The highest BCUT2D eigenvalue weighted by atomic mass is 19.1. The first kappa shape index (κ1) is 11.9. The van der Waals surface area contributed by atoms with Gasteiger partial charge in [0.25, 0.3) is 0 Å². The topological polar surface area (TPSA) is 29.5 Å². The fourth-order valence-electron chi connectivity index (χ4n) is 2.19. The van der Waals surface area contributed by atoms with Crippen LogP contribution in [-0.4, -0.2) is 26.2 Å². The maximum atomic E-state index is 13.8. The van der Waals surface area contributed by atoms with Gasteiger partial charge in [0.1, 0.15) is 5.82 Å². The Kier molecular flexibility index (Phi) is 3.31. The van der Waals surface area contributed by atoms with Gasteiger partial charge >= 0.3 is 5.97 Å². The number of methoxy groups -OCH3 is 1. The smallest absolute Gasteiger partial charge is 0.338 e. The molecule has 4 heteroatoms. The minimum Gasteiger partial charge on any atom is -0.465 e. The van der Waals surface area contributed by atoms with Crippen molar-refractivity contribution in [1.29, 1.82) is 0 Å². The summed E-state index contributed by atoms with van der Waals surface area (Å²) in [6.07, 6.45) is 2.23. The molecule has 1 heterocycles. The molecule has 0 aliphatic carbocycles. The molecule has 0 radical (unpaired) electrons. The van der Waals surface area contributed by atoms with Crippen LogP contribution in [0.3, 0.4) is 0 Å². The molecule has 17 heavy (non-hydrogen) atoms. The number of carbonyl (C=O) groups excluding carboxylic acids is 1. The number of hydrogen-bond donors (Lipinski definition) is 0. The lowest BCUT2D eigenvalue weighted by atomic mass is 10.1. The van der Waals surface area contributed by atoms with Crippen molar-refractivity contribution in [3.8, 4) is 0 Å². The number of halogens is 1. The average Bonchev–Trinajstić information content (AvgIpc) is 2.85. The molecule has 0 bridgehead atoms. The van der Waals surface area contributed by atoms with Crippen LogP contribution < -0.4 is 4.90 Å². The molecule has 1 aromatic carbocycles. The van der Waals surface area contributed by atoms with E-state index in [4.69, 9.17) is 0 Å². The minimum absolute atomic E-state index is 0.275. The summed E-state index contributed by atoms with van der Waals surface area (Å²) in [5.41, 5.74) is 1.68. The van der Waals surface area contributed by atoms with Gasteiger partial charge in [0, 0.05) is 24.3 Å². The Balaban J connectivity index is 2.42. The quantitative estimate of drug-likeness (QED) is 0.740. The second-order valence-corrected chi connectivity index (χ2v) is 4.29. The van der Waals surface area contributed by atoms with Crippen molar-refractivity contribution >= 4 is 11.7 Å². The fourth-order valence-corrected chi connectivity index (χ4v) is 2.19. The second kappa shape index (κ2) is 4.73. The van der Waals surface area contributed by atoms with Gasteiger partial charge in [0.15, 0.2) is 0 Å². The number of anilines is 1. The fraction of sp³-hybridized carbons (Fsp3) is 0.462. The summed E-state index contributed by atoms with van der Waals surface area (Å²) in [4.78, 5) is 13.6. The van der Waals surface area contributed by atoms with E-state index in [-0.39, 0.29) is 11.4 Å². The highest BCUT2D eigenvalue weighted by Gasteiger charge is 2.19. The van der Waals surface area contributed by atoms with Crippen molar-refractivity contribution < 1.29 is 13.9 Å². The standard InChI is InChI=1S/C13H16FNO2/c1-9-11(14)7-10(13(16)17-2)8-12(9)15-5-3-4-6-15/h7-8H,3-6H2,1-2H3. The molecule has 0 saturated carbocycles. The Hall–Kier alpha value is -1.58. The zero-order valence-corrected chi connectivity index (χ0v) is 10.1. The van der Waals surface area contributed by atoms with E-state index in [1.807, 2.05) is 0 Å². The normalized spacial score (nSPS) is 15.1. The Morgan fingerprint density at radius 2 is 2.00 bits per heavy atom. The molecule has 3 nitrogen and oxygen atoms in total. The van der Waals surface area contributed by atoms with E-state index in [2.05, 4.69) is 9.64 Å². The Morgan fingerprint density at radius 1 is 1.35 bits per heavy atom. The monoisotopic (exact) mass is 237 g/mol. The number of hydrogen-bond acceptors (Lipinski definition) is 3. The SMILES string of the molecule is COC(=O)c1cc(F)c(C)c(N2CCCC2)c1. The molecule has 1 aromatic rings. The first-order valence-electron chi connectivity index (χ1n) is 5.77. The zero-order valence-electron chi connectivity index (χ0n) is 10.1. The van der Waals surface area contributed by atoms with Crippen LogP contribution in [0.2, 0.25) is 0 Å². The summed E-state index contributed by atoms with van der Waals surface area (Å²) in [5, 5.41) is 0. The van der Waals surface area contributed by atoms with Crippen LogP contribution in [0.15, 0.2) is 12.1 Å².